The Morgan fingerprint density at radius 3 is 2.33 bits per heavy atom. The van der Waals surface area contributed by atoms with Gasteiger partial charge in [-0.15, -0.1) is 0 Å². The molecule has 0 N–H and O–H groups in total. The number of alkyl halides is 2. The van der Waals surface area contributed by atoms with Crippen LogP contribution in [0.4, 0.5) is 8.78 Å². The Morgan fingerprint density at radius 1 is 1.14 bits per heavy atom. The van der Waals surface area contributed by atoms with Crippen LogP contribution in [0.3, 0.4) is 0 Å². The minimum absolute atomic E-state index is 0.139. The molecule has 0 aromatic heterocycles. The van der Waals surface area contributed by atoms with Gasteiger partial charge in [0.15, 0.2) is 0 Å². The highest BCUT2D eigenvalue weighted by atomic mass is 35.5. The van der Waals surface area contributed by atoms with E-state index in [9.17, 15) is 17.8 Å². The monoisotopic (exact) mass is 537 g/mol. The van der Waals surface area contributed by atoms with Crippen molar-refractivity contribution in [2.45, 2.75) is 75.4 Å². The number of carbonyl (C=O) groups is 1. The second-order valence-electron chi connectivity index (χ2n) is 10.1. The molecule has 1 saturated carbocycles. The normalized spacial score (nSPS) is 24.3. The fourth-order valence-electron chi connectivity index (χ4n) is 5.27. The average molecular weight is 538 g/mol. The Kier molecular flexibility index (Phi) is 8.07. The number of aryl methyl sites for hydroxylation is 1. The van der Waals surface area contributed by atoms with Crippen molar-refractivity contribution in [3.63, 3.8) is 0 Å². The topological polar surface area (TPSA) is 53.0 Å². The highest BCUT2D eigenvalue weighted by Crippen LogP contribution is 2.38. The van der Waals surface area contributed by atoms with Crippen LogP contribution in [0, 0.1) is 12.8 Å². The number of hydrogen-bond acceptors (Lipinski definition) is 3. The number of nitrogens with zero attached hydrogens (tertiary/aromatic N) is 3. The van der Waals surface area contributed by atoms with Crippen molar-refractivity contribution < 1.29 is 17.8 Å². The van der Waals surface area contributed by atoms with Crippen molar-refractivity contribution in [3.8, 4) is 0 Å². The second kappa shape index (κ2) is 10.8. The molecule has 0 bridgehead atoms. The number of halogens is 3. The van der Waals surface area contributed by atoms with E-state index >= 15 is 0 Å². The quantitative estimate of drug-likeness (QED) is 0.432. The molecular weight excluding hydrogens is 504 g/mol. The summed E-state index contributed by atoms with van der Waals surface area (Å²) in [5.74, 6) is -2.73. The van der Waals surface area contributed by atoms with Gasteiger partial charge in [0.25, 0.3) is 0 Å². The zero-order chi connectivity index (χ0) is 26.1. The fraction of sp³-hybridized carbons (Fsp3) is 0.519. The Bertz CT molecular complexity index is 1190. The Balaban J connectivity index is 1.67. The van der Waals surface area contributed by atoms with Crippen LogP contribution in [0.1, 0.15) is 50.2 Å². The standard InChI is InChI=1S/C27H34ClF2N3O2S/c1-19-4-10-24(11-5-19)36(35,31-3)33-17-20(2)16-25(33)26(34)32(18-21-6-8-22(28)9-7-21)23-12-14-27(29,30)15-13-23/h4-11,20,23,25H,12-18H2,1-3H3/t20-,25-,36+/m0/s1. The van der Waals surface area contributed by atoms with Gasteiger partial charge in [0.2, 0.25) is 11.8 Å². The molecule has 2 aliphatic rings. The maximum absolute atomic E-state index is 14.3. The van der Waals surface area contributed by atoms with Crippen LogP contribution < -0.4 is 0 Å². The van der Waals surface area contributed by atoms with E-state index in [1.54, 1.807) is 21.3 Å². The first-order chi connectivity index (χ1) is 17.0. The molecule has 1 heterocycles. The van der Waals surface area contributed by atoms with Gasteiger partial charge >= 0.3 is 0 Å². The third-order valence-electron chi connectivity index (χ3n) is 7.32. The van der Waals surface area contributed by atoms with Crippen LogP contribution >= 0.6 is 11.6 Å². The molecule has 1 amide bonds. The molecule has 2 aromatic carbocycles. The molecule has 0 radical (unpaired) electrons. The zero-order valence-corrected chi connectivity index (χ0v) is 22.6. The molecule has 1 aliphatic carbocycles. The predicted molar refractivity (Wildman–Crippen MR) is 139 cm³/mol. The molecule has 9 heteroatoms. The lowest BCUT2D eigenvalue weighted by atomic mass is 9.90. The summed E-state index contributed by atoms with van der Waals surface area (Å²) in [6.45, 7) is 4.76. The fourth-order valence-corrected chi connectivity index (χ4v) is 7.55. The van der Waals surface area contributed by atoms with Crippen molar-refractivity contribution in [2.24, 2.45) is 10.3 Å². The van der Waals surface area contributed by atoms with Crippen LogP contribution in [0.2, 0.25) is 5.02 Å². The summed E-state index contributed by atoms with van der Waals surface area (Å²) < 4.78 is 48.3. The van der Waals surface area contributed by atoms with Gasteiger partial charge in [0.05, 0.1) is 4.90 Å². The van der Waals surface area contributed by atoms with Crippen molar-refractivity contribution >= 4 is 27.4 Å². The summed E-state index contributed by atoms with van der Waals surface area (Å²) >= 11 is 6.05. The number of benzene rings is 2. The van der Waals surface area contributed by atoms with Crippen LogP contribution in [0.5, 0.6) is 0 Å². The van der Waals surface area contributed by atoms with Gasteiger partial charge in [0, 0.05) is 44.0 Å². The molecule has 2 fully saturated rings. The molecule has 1 aliphatic heterocycles. The first kappa shape index (κ1) is 27.0. The summed E-state index contributed by atoms with van der Waals surface area (Å²) in [6, 6.07) is 13.7. The van der Waals surface area contributed by atoms with E-state index in [1.807, 2.05) is 50.2 Å². The molecule has 0 spiro atoms. The van der Waals surface area contributed by atoms with Gasteiger partial charge < -0.3 is 4.90 Å². The molecule has 3 atom stereocenters. The molecular formula is C27H34ClF2N3O2S. The van der Waals surface area contributed by atoms with Crippen LogP contribution in [-0.4, -0.2) is 50.9 Å². The van der Waals surface area contributed by atoms with Crippen molar-refractivity contribution in [1.29, 1.82) is 0 Å². The van der Waals surface area contributed by atoms with Crippen molar-refractivity contribution in [2.75, 3.05) is 13.6 Å². The van der Waals surface area contributed by atoms with Gasteiger partial charge in [-0.05, 0) is 61.9 Å². The van der Waals surface area contributed by atoms with E-state index < -0.39 is 21.9 Å². The molecule has 4 rings (SSSR count). The van der Waals surface area contributed by atoms with Crippen molar-refractivity contribution in [1.82, 2.24) is 9.21 Å². The SMILES string of the molecule is CN=[S@](=O)(c1ccc(C)cc1)N1C[C@@H](C)C[C@H]1C(=O)N(Cc1ccc(Cl)cc1)C1CCC(F)(F)CC1. The van der Waals surface area contributed by atoms with Crippen LogP contribution in [0.25, 0.3) is 0 Å². The number of carbonyl (C=O) groups excluding carboxylic acids is 1. The zero-order valence-electron chi connectivity index (χ0n) is 21.0. The second-order valence-corrected chi connectivity index (χ2v) is 12.9. The summed E-state index contributed by atoms with van der Waals surface area (Å²) in [5, 5.41) is 0.590. The maximum atomic E-state index is 14.3. The lowest BCUT2D eigenvalue weighted by molar-refractivity contribution is -0.141. The average Bonchev–Trinajstić information content (AvgIpc) is 3.26. The number of amides is 1. The molecule has 36 heavy (non-hydrogen) atoms. The summed E-state index contributed by atoms with van der Waals surface area (Å²) in [7, 11) is -1.49. The minimum atomic E-state index is -3.02. The van der Waals surface area contributed by atoms with E-state index in [-0.39, 0.29) is 43.6 Å². The summed E-state index contributed by atoms with van der Waals surface area (Å²) in [5.41, 5.74) is 1.92. The molecule has 2 aromatic rings. The molecule has 5 nitrogen and oxygen atoms in total. The highest BCUT2D eigenvalue weighted by Gasteiger charge is 2.45. The summed E-state index contributed by atoms with van der Waals surface area (Å²) in [6.07, 6.45) is 0.534. The van der Waals surface area contributed by atoms with E-state index in [1.165, 1.54) is 7.05 Å². The van der Waals surface area contributed by atoms with E-state index in [4.69, 9.17) is 11.6 Å². The lowest BCUT2D eigenvalue weighted by Crippen LogP contribution is -2.52. The van der Waals surface area contributed by atoms with Gasteiger partial charge in [-0.1, -0.05) is 48.4 Å². The maximum Gasteiger partial charge on any atom is 0.248 e. The van der Waals surface area contributed by atoms with Crippen molar-refractivity contribution in [3.05, 3.63) is 64.7 Å². The smallest absolute Gasteiger partial charge is 0.248 e. The largest absolute Gasteiger partial charge is 0.334 e. The molecule has 196 valence electrons. The Labute approximate surface area is 218 Å². The van der Waals surface area contributed by atoms with Gasteiger partial charge in [0.1, 0.15) is 16.0 Å². The van der Waals surface area contributed by atoms with E-state index in [2.05, 4.69) is 4.36 Å². The lowest BCUT2D eigenvalue weighted by Gasteiger charge is -2.39. The van der Waals surface area contributed by atoms with Crippen LogP contribution in [0.15, 0.2) is 57.8 Å². The number of rotatable bonds is 6. The van der Waals surface area contributed by atoms with Gasteiger partial charge in [-0.25, -0.2) is 21.7 Å². The highest BCUT2D eigenvalue weighted by molar-refractivity contribution is 7.91. The van der Waals surface area contributed by atoms with Gasteiger partial charge in [-0.2, -0.15) is 0 Å². The third kappa shape index (κ3) is 5.76. The van der Waals surface area contributed by atoms with Gasteiger partial charge in [-0.3, -0.25) is 4.79 Å². The predicted octanol–water partition coefficient (Wildman–Crippen LogP) is 6.34. The first-order valence-corrected chi connectivity index (χ1v) is 14.3. The van der Waals surface area contributed by atoms with E-state index in [0.717, 1.165) is 11.1 Å². The van der Waals surface area contributed by atoms with E-state index in [0.29, 0.717) is 29.4 Å². The first-order valence-electron chi connectivity index (χ1n) is 12.4. The third-order valence-corrected chi connectivity index (χ3v) is 9.99. The minimum Gasteiger partial charge on any atom is -0.334 e. The molecule has 0 unspecified atom stereocenters. The number of hydrogen-bond donors (Lipinski definition) is 0. The molecule has 1 saturated heterocycles. The Morgan fingerprint density at radius 2 is 1.75 bits per heavy atom. The Hall–Kier alpha value is -2.03. The summed E-state index contributed by atoms with van der Waals surface area (Å²) in [4.78, 5) is 16.5. The van der Waals surface area contributed by atoms with Crippen LogP contribution in [-0.2, 0) is 21.3 Å².